The summed E-state index contributed by atoms with van der Waals surface area (Å²) < 4.78 is 5.65. The Labute approximate surface area is 118 Å². The summed E-state index contributed by atoms with van der Waals surface area (Å²) in [6.45, 7) is 1.37. The zero-order valence-corrected chi connectivity index (χ0v) is 11.4. The second-order valence-electron chi connectivity index (χ2n) is 6.27. The molecule has 2 saturated carbocycles. The molecule has 3 aliphatic rings. The minimum Gasteiger partial charge on any atom is -0.369 e. The van der Waals surface area contributed by atoms with Gasteiger partial charge in [0.1, 0.15) is 0 Å². The lowest BCUT2D eigenvalue weighted by Crippen LogP contribution is -2.39. The van der Waals surface area contributed by atoms with Gasteiger partial charge in [-0.1, -0.05) is 30.3 Å². The molecule has 4 nitrogen and oxygen atoms in total. The highest BCUT2D eigenvalue weighted by Gasteiger charge is 2.62. The average molecular weight is 272 g/mol. The summed E-state index contributed by atoms with van der Waals surface area (Å²) in [5, 5.41) is 5.92. The van der Waals surface area contributed by atoms with Gasteiger partial charge in [-0.05, 0) is 36.2 Å². The van der Waals surface area contributed by atoms with Crippen molar-refractivity contribution in [2.45, 2.75) is 31.6 Å². The molecule has 3 fully saturated rings. The van der Waals surface area contributed by atoms with E-state index in [0.717, 1.165) is 18.0 Å². The number of nitrogens with one attached hydrogen (secondary N) is 2. The van der Waals surface area contributed by atoms with Gasteiger partial charge < -0.3 is 15.4 Å². The van der Waals surface area contributed by atoms with Crippen molar-refractivity contribution in [3.8, 4) is 0 Å². The van der Waals surface area contributed by atoms with Crippen molar-refractivity contribution < 1.29 is 9.53 Å². The maximum Gasteiger partial charge on any atom is 0.315 e. The van der Waals surface area contributed by atoms with Crippen LogP contribution < -0.4 is 10.6 Å². The van der Waals surface area contributed by atoms with Crippen molar-refractivity contribution >= 4 is 6.03 Å². The molecule has 5 unspecified atom stereocenters. The van der Waals surface area contributed by atoms with Crippen LogP contribution in [0, 0.1) is 17.8 Å². The first kappa shape index (κ1) is 12.2. The molecular weight excluding hydrogens is 252 g/mol. The number of hydrogen-bond donors (Lipinski definition) is 2. The maximum absolute atomic E-state index is 11.8. The highest BCUT2D eigenvalue weighted by Crippen LogP contribution is 2.58. The topological polar surface area (TPSA) is 53.7 Å². The van der Waals surface area contributed by atoms with E-state index < -0.39 is 0 Å². The summed E-state index contributed by atoms with van der Waals surface area (Å²) in [5.41, 5.74) is 1.12. The molecule has 1 aromatic carbocycles. The lowest BCUT2D eigenvalue weighted by Gasteiger charge is -2.19. The lowest BCUT2D eigenvalue weighted by atomic mass is 9.89. The van der Waals surface area contributed by atoms with E-state index in [0.29, 0.717) is 30.6 Å². The van der Waals surface area contributed by atoms with E-state index >= 15 is 0 Å². The van der Waals surface area contributed by atoms with E-state index in [2.05, 4.69) is 10.6 Å². The fourth-order valence-electron chi connectivity index (χ4n) is 4.03. The van der Waals surface area contributed by atoms with E-state index in [4.69, 9.17) is 4.74 Å². The number of rotatable bonds is 4. The molecule has 1 saturated heterocycles. The molecule has 0 aromatic heterocycles. The van der Waals surface area contributed by atoms with Crippen LogP contribution in [0.25, 0.3) is 0 Å². The minimum absolute atomic E-state index is 0.0649. The monoisotopic (exact) mass is 272 g/mol. The number of amides is 2. The van der Waals surface area contributed by atoms with Gasteiger partial charge in [0.25, 0.3) is 0 Å². The molecule has 2 aliphatic carbocycles. The molecule has 1 aromatic rings. The number of urea groups is 1. The minimum atomic E-state index is -0.0649. The molecule has 1 heterocycles. The van der Waals surface area contributed by atoms with E-state index in [1.54, 1.807) is 0 Å². The average Bonchev–Trinajstić information content (AvgIpc) is 3.10. The van der Waals surface area contributed by atoms with E-state index in [1.165, 1.54) is 12.8 Å². The second-order valence-corrected chi connectivity index (χ2v) is 6.27. The van der Waals surface area contributed by atoms with Gasteiger partial charge in [-0.3, -0.25) is 0 Å². The molecule has 106 valence electrons. The van der Waals surface area contributed by atoms with Gasteiger partial charge in [-0.2, -0.15) is 0 Å². The number of carbonyl (C=O) groups is 1. The summed E-state index contributed by atoms with van der Waals surface area (Å²) in [6.07, 6.45) is 3.63. The quantitative estimate of drug-likeness (QED) is 0.823. The van der Waals surface area contributed by atoms with Gasteiger partial charge in [-0.25, -0.2) is 4.79 Å². The molecule has 2 N–H and O–H groups in total. The molecular formula is C16H20N2O2. The molecule has 1 aliphatic heterocycles. The van der Waals surface area contributed by atoms with Crippen LogP contribution in [-0.4, -0.2) is 24.8 Å². The first-order chi connectivity index (χ1) is 9.81. The van der Waals surface area contributed by atoms with Gasteiger partial charge in [-0.15, -0.1) is 0 Å². The van der Waals surface area contributed by atoms with Crippen molar-refractivity contribution in [3.05, 3.63) is 35.9 Å². The summed E-state index contributed by atoms with van der Waals surface area (Å²) >= 11 is 0. The third kappa shape index (κ3) is 2.18. The Bertz CT molecular complexity index is 504. The van der Waals surface area contributed by atoms with Crippen molar-refractivity contribution in [2.24, 2.45) is 17.8 Å². The standard InChI is InChI=1S/C16H20N2O2/c19-16(17-8-10-4-2-1-3-5-10)18-9-12-6-11-7-13(12)15-14(11)20-15/h1-5,11-15H,6-9H2,(H2,17,18,19). The number of epoxide rings is 1. The third-order valence-corrected chi connectivity index (χ3v) is 5.05. The molecule has 0 spiro atoms. The molecule has 5 atom stereocenters. The normalized spacial score (nSPS) is 36.5. The SMILES string of the molecule is O=C(NCc1ccccc1)NCC1CC2CC1C1OC21. The van der Waals surface area contributed by atoms with Crippen LogP contribution in [0.5, 0.6) is 0 Å². The second kappa shape index (κ2) is 4.77. The Balaban J connectivity index is 1.21. The number of carbonyl (C=O) groups excluding carboxylic acids is 1. The molecule has 0 radical (unpaired) electrons. The van der Waals surface area contributed by atoms with Crippen molar-refractivity contribution in [2.75, 3.05) is 6.54 Å². The first-order valence-electron chi connectivity index (χ1n) is 7.52. The van der Waals surface area contributed by atoms with Crippen LogP contribution in [0.1, 0.15) is 18.4 Å². The lowest BCUT2D eigenvalue weighted by molar-refractivity contribution is 0.230. The smallest absolute Gasteiger partial charge is 0.315 e. The fraction of sp³-hybridized carbons (Fsp3) is 0.562. The molecule has 20 heavy (non-hydrogen) atoms. The van der Waals surface area contributed by atoms with Crippen LogP contribution in [0.3, 0.4) is 0 Å². The van der Waals surface area contributed by atoms with Crippen molar-refractivity contribution in [3.63, 3.8) is 0 Å². The Kier molecular flexibility index (Phi) is 2.91. The molecule has 2 bridgehead atoms. The van der Waals surface area contributed by atoms with E-state index in [9.17, 15) is 4.79 Å². The Hall–Kier alpha value is -1.55. The highest BCUT2D eigenvalue weighted by molar-refractivity contribution is 5.73. The number of ether oxygens (including phenoxy) is 1. The van der Waals surface area contributed by atoms with Gasteiger partial charge >= 0.3 is 6.03 Å². The van der Waals surface area contributed by atoms with Gasteiger partial charge in [0.15, 0.2) is 0 Å². The van der Waals surface area contributed by atoms with Gasteiger partial charge in [0.05, 0.1) is 12.2 Å². The zero-order valence-electron chi connectivity index (χ0n) is 11.4. The zero-order chi connectivity index (χ0) is 13.5. The molecule has 2 amide bonds. The van der Waals surface area contributed by atoms with Gasteiger partial charge in [0, 0.05) is 13.1 Å². The van der Waals surface area contributed by atoms with E-state index in [-0.39, 0.29) is 6.03 Å². The van der Waals surface area contributed by atoms with E-state index in [1.807, 2.05) is 30.3 Å². The Morgan fingerprint density at radius 3 is 2.75 bits per heavy atom. The Morgan fingerprint density at radius 2 is 2.00 bits per heavy atom. The number of hydrogen-bond acceptors (Lipinski definition) is 2. The van der Waals surface area contributed by atoms with Crippen LogP contribution in [0.15, 0.2) is 30.3 Å². The molecule has 4 heteroatoms. The first-order valence-corrected chi connectivity index (χ1v) is 7.52. The predicted molar refractivity (Wildman–Crippen MR) is 75.0 cm³/mol. The van der Waals surface area contributed by atoms with Crippen LogP contribution in [0.2, 0.25) is 0 Å². The predicted octanol–water partition coefficient (Wildman–Crippen LogP) is 1.91. The van der Waals surface area contributed by atoms with Crippen LogP contribution in [0.4, 0.5) is 4.79 Å². The summed E-state index contributed by atoms with van der Waals surface area (Å²) in [6, 6.07) is 9.91. The third-order valence-electron chi connectivity index (χ3n) is 5.05. The summed E-state index contributed by atoms with van der Waals surface area (Å²) in [7, 11) is 0. The highest BCUT2D eigenvalue weighted by atomic mass is 16.6. The number of benzene rings is 1. The van der Waals surface area contributed by atoms with Gasteiger partial charge in [0.2, 0.25) is 0 Å². The maximum atomic E-state index is 11.8. The summed E-state index contributed by atoms with van der Waals surface area (Å²) in [4.78, 5) is 11.8. The Morgan fingerprint density at radius 1 is 1.15 bits per heavy atom. The largest absolute Gasteiger partial charge is 0.369 e. The van der Waals surface area contributed by atoms with Crippen LogP contribution in [-0.2, 0) is 11.3 Å². The molecule has 4 rings (SSSR count). The van der Waals surface area contributed by atoms with Crippen molar-refractivity contribution in [1.82, 2.24) is 10.6 Å². The van der Waals surface area contributed by atoms with Crippen molar-refractivity contribution in [1.29, 1.82) is 0 Å². The number of fused-ring (bicyclic) bond motifs is 5. The fourth-order valence-corrected chi connectivity index (χ4v) is 4.03. The summed E-state index contributed by atoms with van der Waals surface area (Å²) in [5.74, 6) is 2.08. The van der Waals surface area contributed by atoms with Crippen LogP contribution >= 0.6 is 0 Å².